The lowest BCUT2D eigenvalue weighted by molar-refractivity contribution is 0.231. The van der Waals surface area contributed by atoms with E-state index in [0.717, 1.165) is 36.5 Å². The number of fused-ring (bicyclic) bond motifs is 1. The van der Waals surface area contributed by atoms with Crippen LogP contribution in [0.4, 0.5) is 4.79 Å². The second-order valence-electron chi connectivity index (χ2n) is 6.46. The third kappa shape index (κ3) is 4.69. The van der Waals surface area contributed by atoms with Crippen LogP contribution in [0.5, 0.6) is 11.5 Å². The minimum absolute atomic E-state index is 0.0544. The maximum Gasteiger partial charge on any atom is 0.315 e. The Morgan fingerprint density at radius 2 is 2.19 bits per heavy atom. The molecule has 0 saturated heterocycles. The number of aromatic nitrogens is 3. The van der Waals surface area contributed by atoms with Crippen molar-refractivity contribution in [1.29, 1.82) is 0 Å². The van der Waals surface area contributed by atoms with E-state index < -0.39 is 0 Å². The predicted molar refractivity (Wildman–Crippen MR) is 101 cm³/mol. The van der Waals surface area contributed by atoms with E-state index in [4.69, 9.17) is 9.47 Å². The van der Waals surface area contributed by atoms with E-state index in [1.807, 2.05) is 36.7 Å². The zero-order valence-electron chi connectivity index (χ0n) is 16.1. The van der Waals surface area contributed by atoms with Crippen LogP contribution in [-0.4, -0.2) is 40.6 Å². The lowest BCUT2D eigenvalue weighted by Gasteiger charge is -2.23. The highest BCUT2D eigenvalue weighted by Gasteiger charge is 2.22. The fourth-order valence-corrected chi connectivity index (χ4v) is 3.15. The number of carbonyl (C=O) groups excluding carboxylic acids is 1. The van der Waals surface area contributed by atoms with Crippen LogP contribution < -0.4 is 20.1 Å². The molecule has 2 heterocycles. The van der Waals surface area contributed by atoms with Crippen molar-refractivity contribution >= 4 is 6.03 Å². The molecule has 1 aromatic heterocycles. The van der Waals surface area contributed by atoms with Gasteiger partial charge < -0.3 is 20.1 Å². The summed E-state index contributed by atoms with van der Waals surface area (Å²) in [6, 6.07) is 5.51. The van der Waals surface area contributed by atoms with Crippen LogP contribution in [0.25, 0.3) is 0 Å². The Morgan fingerprint density at radius 1 is 1.33 bits per heavy atom. The van der Waals surface area contributed by atoms with Crippen molar-refractivity contribution < 1.29 is 14.3 Å². The maximum absolute atomic E-state index is 12.3. The highest BCUT2D eigenvalue weighted by Crippen LogP contribution is 2.28. The molecule has 1 aliphatic rings. The number of hydrogen-bond donors (Lipinski definition) is 2. The molecule has 146 valence electrons. The van der Waals surface area contributed by atoms with E-state index in [0.29, 0.717) is 31.2 Å². The van der Waals surface area contributed by atoms with E-state index in [1.54, 1.807) is 7.11 Å². The Morgan fingerprint density at radius 3 is 2.93 bits per heavy atom. The van der Waals surface area contributed by atoms with Crippen LogP contribution in [-0.2, 0) is 25.9 Å². The highest BCUT2D eigenvalue weighted by atomic mass is 16.5. The number of nitrogens with one attached hydrogen (secondary N) is 2. The summed E-state index contributed by atoms with van der Waals surface area (Å²) < 4.78 is 12.8. The predicted octanol–water partition coefficient (Wildman–Crippen LogP) is 2.06. The molecular weight excluding hydrogens is 346 g/mol. The first-order valence-corrected chi connectivity index (χ1v) is 9.39. The second-order valence-corrected chi connectivity index (χ2v) is 6.46. The Balaban J connectivity index is 1.52. The van der Waals surface area contributed by atoms with Crippen molar-refractivity contribution in [2.45, 2.75) is 52.2 Å². The first kappa shape index (κ1) is 19.0. The third-order valence-electron chi connectivity index (χ3n) is 4.53. The number of benzene rings is 1. The van der Waals surface area contributed by atoms with Crippen molar-refractivity contribution in [3.63, 3.8) is 0 Å². The number of ether oxygens (including phenoxy) is 2. The number of hydrogen-bond acceptors (Lipinski definition) is 5. The average molecular weight is 373 g/mol. The van der Waals surface area contributed by atoms with Crippen molar-refractivity contribution in [2.75, 3.05) is 13.7 Å². The fourth-order valence-electron chi connectivity index (χ4n) is 3.15. The van der Waals surface area contributed by atoms with E-state index in [9.17, 15) is 4.79 Å². The van der Waals surface area contributed by atoms with Gasteiger partial charge in [-0.1, -0.05) is 13.0 Å². The Hall–Kier alpha value is -2.77. The number of carbonyl (C=O) groups is 1. The molecule has 1 atom stereocenters. The van der Waals surface area contributed by atoms with Gasteiger partial charge in [0.2, 0.25) is 0 Å². The van der Waals surface area contributed by atoms with Gasteiger partial charge in [0.15, 0.2) is 17.3 Å². The summed E-state index contributed by atoms with van der Waals surface area (Å²) in [6.45, 7) is 5.59. The molecule has 0 aliphatic carbocycles. The molecule has 1 unspecified atom stereocenters. The second kappa shape index (κ2) is 8.75. The van der Waals surface area contributed by atoms with Gasteiger partial charge in [-0.15, -0.1) is 0 Å². The lowest BCUT2D eigenvalue weighted by Crippen LogP contribution is -2.45. The van der Waals surface area contributed by atoms with E-state index in [-0.39, 0.29) is 12.1 Å². The van der Waals surface area contributed by atoms with Gasteiger partial charge >= 0.3 is 6.03 Å². The number of urea groups is 1. The van der Waals surface area contributed by atoms with Crippen LogP contribution >= 0.6 is 0 Å². The maximum atomic E-state index is 12.3. The standard InChI is InChI=1S/C19H27N5O3/c1-4-17-22-18-9-7-14(12-24(18)23-17)21-19(25)20-11-13-6-8-15(26-3)16(10-13)27-5-2/h6,8,10,14H,4-5,7,9,11-12H2,1-3H3,(H2,20,21,25). The summed E-state index contributed by atoms with van der Waals surface area (Å²) in [5, 5.41) is 10.4. The van der Waals surface area contributed by atoms with Gasteiger partial charge in [-0.3, -0.25) is 0 Å². The molecule has 0 bridgehead atoms. The highest BCUT2D eigenvalue weighted by molar-refractivity contribution is 5.74. The van der Waals surface area contributed by atoms with E-state index >= 15 is 0 Å². The van der Waals surface area contributed by atoms with Crippen molar-refractivity contribution in [3.05, 3.63) is 35.4 Å². The first-order chi connectivity index (χ1) is 13.1. The van der Waals surface area contributed by atoms with Crippen LogP contribution in [0.2, 0.25) is 0 Å². The summed E-state index contributed by atoms with van der Waals surface area (Å²) in [5.41, 5.74) is 0.948. The van der Waals surface area contributed by atoms with Crippen molar-refractivity contribution in [1.82, 2.24) is 25.4 Å². The summed E-state index contributed by atoms with van der Waals surface area (Å²) in [5.74, 6) is 3.23. The molecule has 0 spiro atoms. The normalized spacial score (nSPS) is 15.7. The van der Waals surface area contributed by atoms with Crippen LogP contribution in [0.15, 0.2) is 18.2 Å². The summed E-state index contributed by atoms with van der Waals surface area (Å²) in [6.07, 6.45) is 2.52. The number of nitrogens with zero attached hydrogens (tertiary/aromatic N) is 3. The molecule has 0 saturated carbocycles. The largest absolute Gasteiger partial charge is 0.493 e. The van der Waals surface area contributed by atoms with Gasteiger partial charge in [-0.2, -0.15) is 5.10 Å². The average Bonchev–Trinajstić information content (AvgIpc) is 3.09. The minimum atomic E-state index is -0.187. The molecular formula is C19H27N5O3. The molecule has 8 nitrogen and oxygen atoms in total. The SMILES string of the molecule is CCOc1cc(CNC(=O)NC2CCc3nc(CC)nn3C2)ccc1OC. The number of rotatable bonds is 7. The molecule has 27 heavy (non-hydrogen) atoms. The fraction of sp³-hybridized carbons (Fsp3) is 0.526. The molecule has 3 rings (SSSR count). The lowest BCUT2D eigenvalue weighted by atomic mass is 10.1. The summed E-state index contributed by atoms with van der Waals surface area (Å²) >= 11 is 0. The van der Waals surface area contributed by atoms with E-state index in [1.165, 1.54) is 0 Å². The molecule has 1 aromatic carbocycles. The summed E-state index contributed by atoms with van der Waals surface area (Å²) in [7, 11) is 1.61. The molecule has 1 aliphatic heterocycles. The van der Waals surface area contributed by atoms with Gasteiger partial charge in [0.1, 0.15) is 5.82 Å². The quantitative estimate of drug-likeness (QED) is 0.775. The van der Waals surface area contributed by atoms with Gasteiger partial charge in [0.25, 0.3) is 0 Å². The van der Waals surface area contributed by atoms with Gasteiger partial charge in [-0.25, -0.2) is 14.5 Å². The number of methoxy groups -OCH3 is 1. The molecule has 2 aromatic rings. The van der Waals surface area contributed by atoms with Crippen molar-refractivity contribution in [3.8, 4) is 11.5 Å². The zero-order chi connectivity index (χ0) is 19.2. The minimum Gasteiger partial charge on any atom is -0.493 e. The molecule has 2 amide bonds. The molecule has 2 N–H and O–H groups in total. The monoisotopic (exact) mass is 373 g/mol. The topological polar surface area (TPSA) is 90.3 Å². The Bertz CT molecular complexity index is 790. The van der Waals surface area contributed by atoms with Crippen LogP contribution in [0.1, 0.15) is 37.5 Å². The number of aryl methyl sites for hydroxylation is 2. The molecule has 0 radical (unpaired) electrons. The smallest absolute Gasteiger partial charge is 0.315 e. The Labute approximate surface area is 159 Å². The van der Waals surface area contributed by atoms with E-state index in [2.05, 4.69) is 20.7 Å². The summed E-state index contributed by atoms with van der Waals surface area (Å²) in [4.78, 5) is 16.8. The molecule has 8 heteroatoms. The van der Waals surface area contributed by atoms with Gasteiger partial charge in [0, 0.05) is 19.4 Å². The first-order valence-electron chi connectivity index (χ1n) is 9.39. The Kier molecular flexibility index (Phi) is 6.16. The van der Waals surface area contributed by atoms with Crippen LogP contribution in [0, 0.1) is 0 Å². The van der Waals surface area contributed by atoms with Crippen LogP contribution in [0.3, 0.4) is 0 Å². The van der Waals surface area contributed by atoms with Gasteiger partial charge in [-0.05, 0) is 31.0 Å². The van der Waals surface area contributed by atoms with Gasteiger partial charge in [0.05, 0.1) is 26.3 Å². The third-order valence-corrected chi connectivity index (χ3v) is 4.53. The molecule has 0 fully saturated rings. The zero-order valence-corrected chi connectivity index (χ0v) is 16.1. The van der Waals surface area contributed by atoms with Crippen molar-refractivity contribution in [2.24, 2.45) is 0 Å². The number of amides is 2.